The third kappa shape index (κ3) is 4.52. The molecule has 0 aliphatic heterocycles. The summed E-state index contributed by atoms with van der Waals surface area (Å²) in [6.45, 7) is 1.50. The van der Waals surface area contributed by atoms with Gasteiger partial charge in [0.1, 0.15) is 11.5 Å². The van der Waals surface area contributed by atoms with Crippen molar-refractivity contribution >= 4 is 28.9 Å². The van der Waals surface area contributed by atoms with Crippen molar-refractivity contribution in [3.63, 3.8) is 0 Å². The van der Waals surface area contributed by atoms with Gasteiger partial charge in [0, 0.05) is 16.9 Å². The van der Waals surface area contributed by atoms with Gasteiger partial charge in [0.05, 0.1) is 24.0 Å². The molecule has 3 aromatic rings. The average Bonchev–Trinajstić information content (AvgIpc) is 2.69. The number of anilines is 3. The minimum Gasteiger partial charge on any atom is -0.339 e. The van der Waals surface area contributed by atoms with Crippen molar-refractivity contribution in [3.05, 3.63) is 77.7 Å². The summed E-state index contributed by atoms with van der Waals surface area (Å²) < 4.78 is 0. The third-order valence-electron chi connectivity index (χ3n) is 3.68. The van der Waals surface area contributed by atoms with E-state index in [1.54, 1.807) is 48.5 Å². The van der Waals surface area contributed by atoms with Crippen LogP contribution in [0.15, 0.2) is 60.9 Å². The third-order valence-corrected chi connectivity index (χ3v) is 3.68. The molecule has 0 spiro atoms. The lowest BCUT2D eigenvalue weighted by molar-refractivity contribution is 0.101. The molecule has 1 amide bonds. The second-order valence-electron chi connectivity index (χ2n) is 5.70. The average molecular weight is 357 g/mol. The Balaban J connectivity index is 1.69. The first kappa shape index (κ1) is 17.8. The van der Waals surface area contributed by atoms with Crippen LogP contribution in [0.2, 0.25) is 0 Å². The molecule has 2 N–H and O–H groups in total. The summed E-state index contributed by atoms with van der Waals surface area (Å²) in [4.78, 5) is 32.0. The summed E-state index contributed by atoms with van der Waals surface area (Å²) in [6.07, 6.45) is 2.78. The van der Waals surface area contributed by atoms with Crippen LogP contribution in [-0.4, -0.2) is 21.7 Å². The maximum Gasteiger partial charge on any atom is 0.275 e. The first-order valence-electron chi connectivity index (χ1n) is 8.07. The van der Waals surface area contributed by atoms with Gasteiger partial charge in [-0.05, 0) is 37.3 Å². The van der Waals surface area contributed by atoms with Gasteiger partial charge in [-0.2, -0.15) is 5.26 Å². The van der Waals surface area contributed by atoms with E-state index in [1.807, 2.05) is 6.07 Å². The first-order chi connectivity index (χ1) is 13.0. The standard InChI is InChI=1S/C20H15N5O2/c1-13(26)15-5-3-7-17(9-15)24-19-12-22-18(11-23-19)20(27)25-16-6-2-4-14(8-16)10-21/h2-9,11-12H,1H3,(H,23,24)(H,25,27). The summed E-state index contributed by atoms with van der Waals surface area (Å²) in [7, 11) is 0. The Morgan fingerprint density at radius 2 is 1.78 bits per heavy atom. The number of carbonyl (C=O) groups excluding carboxylic acids is 2. The number of amides is 1. The van der Waals surface area contributed by atoms with Gasteiger partial charge in [-0.15, -0.1) is 0 Å². The zero-order chi connectivity index (χ0) is 19.2. The Morgan fingerprint density at radius 1 is 1.00 bits per heavy atom. The van der Waals surface area contributed by atoms with Gasteiger partial charge in [-0.25, -0.2) is 9.97 Å². The molecule has 0 atom stereocenters. The fraction of sp³-hybridized carbons (Fsp3) is 0.0500. The number of nitrogens with zero attached hydrogens (tertiary/aromatic N) is 3. The normalized spacial score (nSPS) is 9.93. The summed E-state index contributed by atoms with van der Waals surface area (Å²) in [5, 5.41) is 14.6. The highest BCUT2D eigenvalue weighted by atomic mass is 16.2. The first-order valence-corrected chi connectivity index (χ1v) is 8.07. The Kier molecular flexibility index (Phi) is 5.19. The highest BCUT2D eigenvalue weighted by Crippen LogP contribution is 2.16. The van der Waals surface area contributed by atoms with Crippen molar-refractivity contribution in [2.75, 3.05) is 10.6 Å². The molecule has 2 aromatic carbocycles. The fourth-order valence-corrected chi connectivity index (χ4v) is 2.34. The van der Waals surface area contributed by atoms with Crippen molar-refractivity contribution in [3.8, 4) is 6.07 Å². The van der Waals surface area contributed by atoms with Crippen LogP contribution in [0.4, 0.5) is 17.2 Å². The van der Waals surface area contributed by atoms with Crippen molar-refractivity contribution in [1.82, 2.24) is 9.97 Å². The molecular formula is C20H15N5O2. The van der Waals surface area contributed by atoms with E-state index in [1.165, 1.54) is 19.3 Å². The number of ketones is 1. The Hall–Kier alpha value is -4.05. The van der Waals surface area contributed by atoms with Gasteiger partial charge in [0.25, 0.3) is 5.91 Å². The number of hydrogen-bond acceptors (Lipinski definition) is 6. The number of benzene rings is 2. The highest BCUT2D eigenvalue weighted by molar-refractivity contribution is 6.02. The van der Waals surface area contributed by atoms with E-state index in [-0.39, 0.29) is 11.5 Å². The number of aromatic nitrogens is 2. The minimum atomic E-state index is -0.428. The minimum absolute atomic E-state index is 0.0304. The molecule has 132 valence electrons. The van der Waals surface area contributed by atoms with E-state index in [0.717, 1.165) is 0 Å². The van der Waals surface area contributed by atoms with Crippen LogP contribution in [0.3, 0.4) is 0 Å². The molecule has 0 aliphatic carbocycles. The largest absolute Gasteiger partial charge is 0.339 e. The molecule has 0 bridgehead atoms. The number of nitrogens with one attached hydrogen (secondary N) is 2. The highest BCUT2D eigenvalue weighted by Gasteiger charge is 2.09. The monoisotopic (exact) mass is 357 g/mol. The molecule has 0 unspecified atom stereocenters. The van der Waals surface area contributed by atoms with Gasteiger partial charge < -0.3 is 10.6 Å². The van der Waals surface area contributed by atoms with Crippen LogP contribution in [0.1, 0.15) is 33.3 Å². The predicted octanol–water partition coefficient (Wildman–Crippen LogP) is 3.55. The van der Waals surface area contributed by atoms with Gasteiger partial charge in [-0.3, -0.25) is 9.59 Å². The smallest absolute Gasteiger partial charge is 0.275 e. The van der Waals surface area contributed by atoms with E-state index < -0.39 is 5.91 Å². The second-order valence-corrected chi connectivity index (χ2v) is 5.70. The summed E-state index contributed by atoms with van der Waals surface area (Å²) in [6, 6.07) is 15.6. The summed E-state index contributed by atoms with van der Waals surface area (Å²) in [5.41, 5.74) is 2.38. The van der Waals surface area contributed by atoms with Crippen LogP contribution in [0.5, 0.6) is 0 Å². The lowest BCUT2D eigenvalue weighted by Crippen LogP contribution is -2.14. The molecule has 7 heteroatoms. The maximum atomic E-state index is 12.2. The Labute approximate surface area is 155 Å². The Morgan fingerprint density at radius 3 is 2.48 bits per heavy atom. The van der Waals surface area contributed by atoms with Crippen LogP contribution >= 0.6 is 0 Å². The number of Topliss-reactive ketones (excluding diaryl/α,β-unsaturated/α-hetero) is 1. The van der Waals surface area contributed by atoms with E-state index in [0.29, 0.717) is 28.3 Å². The quantitative estimate of drug-likeness (QED) is 0.676. The van der Waals surface area contributed by atoms with Crippen molar-refractivity contribution in [2.24, 2.45) is 0 Å². The number of hydrogen-bond donors (Lipinski definition) is 2. The zero-order valence-electron chi connectivity index (χ0n) is 14.4. The topological polar surface area (TPSA) is 108 Å². The van der Waals surface area contributed by atoms with Crippen LogP contribution < -0.4 is 10.6 Å². The molecule has 0 saturated heterocycles. The Bertz CT molecular complexity index is 1040. The predicted molar refractivity (Wildman–Crippen MR) is 101 cm³/mol. The molecule has 1 aromatic heterocycles. The van der Waals surface area contributed by atoms with Crippen molar-refractivity contribution in [2.45, 2.75) is 6.92 Å². The summed E-state index contributed by atoms with van der Waals surface area (Å²) >= 11 is 0. The fourth-order valence-electron chi connectivity index (χ4n) is 2.34. The maximum absolute atomic E-state index is 12.2. The molecule has 7 nitrogen and oxygen atoms in total. The molecule has 27 heavy (non-hydrogen) atoms. The number of carbonyl (C=O) groups is 2. The summed E-state index contributed by atoms with van der Waals surface area (Å²) in [5.74, 6) is -0.0151. The molecule has 0 saturated carbocycles. The molecule has 0 fully saturated rings. The van der Waals surface area contributed by atoms with E-state index in [2.05, 4.69) is 20.6 Å². The van der Waals surface area contributed by atoms with Crippen molar-refractivity contribution < 1.29 is 9.59 Å². The lowest BCUT2D eigenvalue weighted by atomic mass is 10.1. The van der Waals surface area contributed by atoms with E-state index >= 15 is 0 Å². The van der Waals surface area contributed by atoms with Crippen LogP contribution in [0, 0.1) is 11.3 Å². The van der Waals surface area contributed by atoms with Crippen LogP contribution in [0.25, 0.3) is 0 Å². The zero-order valence-corrected chi connectivity index (χ0v) is 14.4. The lowest BCUT2D eigenvalue weighted by Gasteiger charge is -2.08. The van der Waals surface area contributed by atoms with Gasteiger partial charge in [0.15, 0.2) is 5.78 Å². The van der Waals surface area contributed by atoms with Crippen LogP contribution in [-0.2, 0) is 0 Å². The number of rotatable bonds is 5. The SMILES string of the molecule is CC(=O)c1cccc(Nc2cnc(C(=O)Nc3cccc(C#N)c3)cn2)c1. The van der Waals surface area contributed by atoms with Gasteiger partial charge in [-0.1, -0.05) is 18.2 Å². The molecular weight excluding hydrogens is 342 g/mol. The molecule has 3 rings (SSSR count). The van der Waals surface area contributed by atoms with Gasteiger partial charge >= 0.3 is 0 Å². The van der Waals surface area contributed by atoms with E-state index in [4.69, 9.17) is 5.26 Å². The van der Waals surface area contributed by atoms with Gasteiger partial charge in [0.2, 0.25) is 0 Å². The molecule has 0 aliphatic rings. The molecule has 0 radical (unpaired) electrons. The second kappa shape index (κ2) is 7.89. The molecule has 1 heterocycles. The van der Waals surface area contributed by atoms with Crippen molar-refractivity contribution in [1.29, 1.82) is 5.26 Å². The number of nitriles is 1. The van der Waals surface area contributed by atoms with E-state index in [9.17, 15) is 9.59 Å².